The lowest BCUT2D eigenvalue weighted by molar-refractivity contribution is -0.267. The average molecular weight is 445 g/mol. The van der Waals surface area contributed by atoms with E-state index in [1.54, 1.807) is 13.0 Å². The second kappa shape index (κ2) is 8.30. The molecule has 0 aliphatic carbocycles. The topological polar surface area (TPSA) is 119 Å². The average Bonchev–Trinajstić information content (AvgIpc) is 3.07. The lowest BCUT2D eigenvalue weighted by atomic mass is 10.0. The van der Waals surface area contributed by atoms with E-state index < -0.39 is 29.9 Å². The molecule has 2 N–H and O–H groups in total. The number of aryl methyl sites for hydroxylation is 1. The van der Waals surface area contributed by atoms with Crippen LogP contribution >= 0.6 is 0 Å². The molecule has 32 heavy (non-hydrogen) atoms. The summed E-state index contributed by atoms with van der Waals surface area (Å²) in [6.45, 7) is 5.73. The van der Waals surface area contributed by atoms with Crippen LogP contribution in [0.1, 0.15) is 32.1 Å². The number of nitrogens with one attached hydrogen (secondary N) is 1. The van der Waals surface area contributed by atoms with Crippen molar-refractivity contribution in [3.63, 3.8) is 0 Å². The third-order valence-electron chi connectivity index (χ3n) is 5.61. The summed E-state index contributed by atoms with van der Waals surface area (Å²) in [5, 5.41) is 24.1. The highest BCUT2D eigenvalue weighted by molar-refractivity contribution is 5.83. The van der Waals surface area contributed by atoms with E-state index in [9.17, 15) is 23.8 Å². The first-order chi connectivity index (χ1) is 15.2. The predicted molar refractivity (Wildman–Crippen MR) is 111 cm³/mol. The number of β-amino-alcohol motifs (C(OH)–C–C–N with tert-alkyl or cyclic N) is 1. The fraction of sp³-hybridized carbons (Fsp3) is 0.429. The molecule has 9 nitrogen and oxygen atoms in total. The number of amides is 1. The first-order valence-electron chi connectivity index (χ1n) is 10.3. The smallest absolute Gasteiger partial charge is 0.223 e. The summed E-state index contributed by atoms with van der Waals surface area (Å²) in [4.78, 5) is 24.4. The molecule has 2 aromatic heterocycles. The maximum atomic E-state index is 14.8. The summed E-state index contributed by atoms with van der Waals surface area (Å²) in [6.07, 6.45) is -1.11. The van der Waals surface area contributed by atoms with Gasteiger partial charge in [0.25, 0.3) is 0 Å². The van der Waals surface area contributed by atoms with Crippen molar-refractivity contribution < 1.29 is 23.8 Å². The molecule has 3 heterocycles. The second-order valence-electron chi connectivity index (χ2n) is 8.16. The highest BCUT2D eigenvalue weighted by Crippen LogP contribution is 2.30. The van der Waals surface area contributed by atoms with Gasteiger partial charge in [-0.05, 0) is 39.3 Å². The molecule has 0 bridgehead atoms. The Labute approximate surface area is 182 Å². The number of piperidine rings is 1. The van der Waals surface area contributed by atoms with E-state index in [1.807, 2.05) is 18.4 Å². The Hall–Kier alpha value is -3.34. The van der Waals surface area contributed by atoms with Crippen molar-refractivity contribution in [2.45, 2.75) is 45.4 Å². The SMILES string of the molecule is Cc1nc2c(F)cc(-c3nc(N[C@@H]4CCN(C(=O)[O-])C[C@H]4O)ncc3F)cc2n1C(C)C. The van der Waals surface area contributed by atoms with Crippen LogP contribution in [0.2, 0.25) is 0 Å². The molecule has 1 aliphatic rings. The number of carbonyl (C=O) groups is 1. The maximum absolute atomic E-state index is 14.8. The molecule has 0 unspecified atom stereocenters. The van der Waals surface area contributed by atoms with Gasteiger partial charge in [-0.2, -0.15) is 0 Å². The number of likely N-dealkylation sites (tertiary alicyclic amines) is 1. The number of hydrogen-bond acceptors (Lipinski definition) is 7. The molecule has 0 radical (unpaired) electrons. The van der Waals surface area contributed by atoms with E-state index in [0.29, 0.717) is 17.8 Å². The number of aromatic nitrogens is 4. The summed E-state index contributed by atoms with van der Waals surface area (Å²) in [5.41, 5.74) is 0.867. The zero-order valence-corrected chi connectivity index (χ0v) is 17.8. The van der Waals surface area contributed by atoms with Gasteiger partial charge in [-0.25, -0.2) is 23.7 Å². The fourth-order valence-corrected chi connectivity index (χ4v) is 4.13. The molecule has 1 fully saturated rings. The Balaban J connectivity index is 1.67. The number of halogens is 2. The van der Waals surface area contributed by atoms with E-state index >= 15 is 0 Å². The molecule has 2 atom stereocenters. The minimum Gasteiger partial charge on any atom is -0.530 e. The second-order valence-corrected chi connectivity index (χ2v) is 8.16. The van der Waals surface area contributed by atoms with Crippen molar-refractivity contribution >= 4 is 23.1 Å². The lowest BCUT2D eigenvalue weighted by Crippen LogP contribution is -2.54. The highest BCUT2D eigenvalue weighted by Gasteiger charge is 2.28. The number of carbonyl (C=O) groups excluding carboxylic acids is 1. The largest absolute Gasteiger partial charge is 0.530 e. The molecule has 3 aromatic rings. The number of fused-ring (bicyclic) bond motifs is 1. The standard InChI is InChI=1S/C21H24F2N6O3/c1-10(2)29-11(3)25-19-13(22)6-12(7-16(19)29)18-14(23)8-24-20(27-18)26-15-4-5-28(21(31)32)9-17(15)30/h6-8,10,15,17,30H,4-5,9H2,1-3H3,(H,31,32)(H,24,26,27)/p-1/t15-,17-/m1/s1. The zero-order valence-electron chi connectivity index (χ0n) is 17.8. The van der Waals surface area contributed by atoms with Crippen LogP contribution in [-0.2, 0) is 0 Å². The molecule has 4 rings (SSSR count). The third kappa shape index (κ3) is 3.95. The predicted octanol–water partition coefficient (Wildman–Crippen LogP) is 1.85. The molecule has 0 spiro atoms. The van der Waals surface area contributed by atoms with Gasteiger partial charge < -0.3 is 29.8 Å². The Kier molecular flexibility index (Phi) is 5.68. The van der Waals surface area contributed by atoms with Crippen molar-refractivity contribution in [2.24, 2.45) is 0 Å². The van der Waals surface area contributed by atoms with Crippen LogP contribution in [0.3, 0.4) is 0 Å². The number of rotatable bonds is 4. The van der Waals surface area contributed by atoms with E-state index in [4.69, 9.17) is 0 Å². The van der Waals surface area contributed by atoms with E-state index in [2.05, 4.69) is 20.3 Å². The molecule has 11 heteroatoms. The number of anilines is 1. The van der Waals surface area contributed by atoms with Crippen molar-refractivity contribution in [3.8, 4) is 11.3 Å². The molecular formula is C21H23F2N6O3-. The van der Waals surface area contributed by atoms with Crippen molar-refractivity contribution in [3.05, 3.63) is 35.8 Å². The molecular weight excluding hydrogens is 422 g/mol. The van der Waals surface area contributed by atoms with E-state index in [1.165, 1.54) is 6.07 Å². The number of hydrogen-bond donors (Lipinski definition) is 2. The fourth-order valence-electron chi connectivity index (χ4n) is 4.13. The minimum absolute atomic E-state index is 0.0236. The first kappa shape index (κ1) is 21.9. The van der Waals surface area contributed by atoms with Gasteiger partial charge in [-0.3, -0.25) is 0 Å². The minimum atomic E-state index is -1.35. The lowest BCUT2D eigenvalue weighted by Gasteiger charge is -2.37. The van der Waals surface area contributed by atoms with Crippen LogP contribution in [0.15, 0.2) is 18.3 Å². The van der Waals surface area contributed by atoms with Crippen LogP contribution in [-0.4, -0.2) is 60.9 Å². The van der Waals surface area contributed by atoms with Crippen molar-refractivity contribution in [1.29, 1.82) is 0 Å². The highest BCUT2D eigenvalue weighted by atomic mass is 19.1. The van der Waals surface area contributed by atoms with E-state index in [0.717, 1.165) is 11.1 Å². The zero-order chi connectivity index (χ0) is 23.2. The Morgan fingerprint density at radius 3 is 2.69 bits per heavy atom. The van der Waals surface area contributed by atoms with Gasteiger partial charge in [-0.15, -0.1) is 0 Å². The molecule has 1 saturated heterocycles. The number of nitrogens with zero attached hydrogens (tertiary/aromatic N) is 5. The van der Waals surface area contributed by atoms with Crippen molar-refractivity contribution in [2.75, 3.05) is 18.4 Å². The van der Waals surface area contributed by atoms with Crippen LogP contribution in [0.5, 0.6) is 0 Å². The van der Waals surface area contributed by atoms with Gasteiger partial charge in [-0.1, -0.05) is 0 Å². The summed E-state index contributed by atoms with van der Waals surface area (Å²) < 4.78 is 31.3. The summed E-state index contributed by atoms with van der Waals surface area (Å²) in [6, 6.07) is 2.31. The van der Waals surface area contributed by atoms with Gasteiger partial charge in [0.1, 0.15) is 23.1 Å². The number of carboxylic acid groups (broad SMARTS) is 1. The van der Waals surface area contributed by atoms with Crippen LogP contribution in [0, 0.1) is 18.6 Å². The Bertz CT molecular complexity index is 1180. The molecule has 1 amide bonds. The van der Waals surface area contributed by atoms with Gasteiger partial charge in [0.15, 0.2) is 11.6 Å². The maximum Gasteiger partial charge on any atom is 0.223 e. The first-order valence-corrected chi connectivity index (χ1v) is 10.3. The van der Waals surface area contributed by atoms with Gasteiger partial charge in [0, 0.05) is 24.7 Å². The number of aliphatic hydroxyl groups excluding tert-OH is 1. The summed E-state index contributed by atoms with van der Waals surface area (Å²) in [5.74, 6) is -0.624. The molecule has 1 aliphatic heterocycles. The number of imidazole rings is 1. The summed E-state index contributed by atoms with van der Waals surface area (Å²) >= 11 is 0. The monoisotopic (exact) mass is 445 g/mol. The van der Waals surface area contributed by atoms with Crippen LogP contribution in [0.25, 0.3) is 22.3 Å². The third-order valence-corrected chi connectivity index (χ3v) is 5.61. The Morgan fingerprint density at radius 2 is 2.03 bits per heavy atom. The molecule has 0 saturated carbocycles. The van der Waals surface area contributed by atoms with Gasteiger partial charge in [0.05, 0.1) is 23.9 Å². The van der Waals surface area contributed by atoms with E-state index in [-0.39, 0.29) is 41.9 Å². The van der Waals surface area contributed by atoms with Gasteiger partial charge in [0.2, 0.25) is 5.95 Å². The molecule has 170 valence electrons. The normalized spacial score (nSPS) is 19.0. The molecule has 1 aromatic carbocycles. The van der Waals surface area contributed by atoms with Crippen LogP contribution in [0.4, 0.5) is 19.5 Å². The number of aliphatic hydroxyl groups is 1. The van der Waals surface area contributed by atoms with Gasteiger partial charge >= 0.3 is 0 Å². The Morgan fingerprint density at radius 1 is 1.28 bits per heavy atom. The van der Waals surface area contributed by atoms with Crippen LogP contribution < -0.4 is 10.4 Å². The van der Waals surface area contributed by atoms with Crippen molar-refractivity contribution in [1.82, 2.24) is 24.4 Å². The number of benzene rings is 1. The summed E-state index contributed by atoms with van der Waals surface area (Å²) in [7, 11) is 0. The quantitative estimate of drug-likeness (QED) is 0.629.